The molecule has 232 valence electrons. The summed E-state index contributed by atoms with van der Waals surface area (Å²) in [6, 6.07) is 9.02. The van der Waals surface area contributed by atoms with Gasteiger partial charge in [0.05, 0.1) is 12.7 Å². The zero-order valence-corrected chi connectivity index (χ0v) is 27.2. The summed E-state index contributed by atoms with van der Waals surface area (Å²) >= 11 is 2.08. The largest absolute Gasteiger partial charge is 0.452 e. The maximum Gasteiger partial charge on any atom is 0.435 e. The Morgan fingerprint density at radius 2 is 1.43 bits per heavy atom. The number of hydrogen-bond donors (Lipinski definition) is 1. The molecule has 1 aromatic carbocycles. The minimum atomic E-state index is -4.53. The third-order valence-corrected chi connectivity index (χ3v) is 9.55. The zero-order valence-electron chi connectivity index (χ0n) is 25.5. The number of carbonyl (C=O) groups excluding carboxylic acids is 1. The highest BCUT2D eigenvalue weighted by atomic mass is 32.2. The van der Waals surface area contributed by atoms with E-state index < -0.39 is 19.4 Å². The molecule has 0 aliphatic heterocycles. The summed E-state index contributed by atoms with van der Waals surface area (Å²) < 4.78 is 28.2. The van der Waals surface area contributed by atoms with E-state index >= 15 is 0 Å². The van der Waals surface area contributed by atoms with Crippen LogP contribution < -0.4 is 0 Å². The highest BCUT2D eigenvalue weighted by Gasteiger charge is 2.33. The lowest BCUT2D eigenvalue weighted by Gasteiger charge is -2.19. The third-order valence-electron chi connectivity index (χ3n) is 6.99. The molecule has 0 saturated heterocycles. The number of benzene rings is 1. The van der Waals surface area contributed by atoms with E-state index in [1.807, 2.05) is 18.2 Å². The van der Waals surface area contributed by atoms with Crippen molar-refractivity contribution in [1.82, 2.24) is 0 Å². The van der Waals surface area contributed by atoms with Crippen molar-refractivity contribution in [3.8, 4) is 0 Å². The summed E-state index contributed by atoms with van der Waals surface area (Å²) in [5, 5.41) is 0.570. The molecule has 0 aliphatic carbocycles. The summed E-state index contributed by atoms with van der Waals surface area (Å²) in [5.74, 6) is 1.20. The Morgan fingerprint density at radius 3 is 2.05 bits per heavy atom. The molecule has 0 spiro atoms. The Morgan fingerprint density at radius 1 is 0.850 bits per heavy atom. The first kappa shape index (κ1) is 37.2. The molecule has 1 N–H and O–H groups in total. The zero-order chi connectivity index (χ0) is 29.3. The SMILES string of the molecule is CCCCCCCCCCCSC(CCCCCCC)CCOC(C)COP(=O)(O)C(=O)OCc1ccccc1. The van der Waals surface area contributed by atoms with Crippen LogP contribution in [-0.2, 0) is 25.2 Å². The van der Waals surface area contributed by atoms with Gasteiger partial charge in [0.1, 0.15) is 6.61 Å². The average Bonchev–Trinajstić information content (AvgIpc) is 2.95. The number of rotatable bonds is 27. The third kappa shape index (κ3) is 20.1. The van der Waals surface area contributed by atoms with Crippen LogP contribution in [0.25, 0.3) is 0 Å². The van der Waals surface area contributed by atoms with Gasteiger partial charge in [0.2, 0.25) is 0 Å². The van der Waals surface area contributed by atoms with Crippen LogP contribution >= 0.6 is 19.4 Å². The minimum absolute atomic E-state index is 0.0732. The monoisotopic (exact) mass is 600 g/mol. The highest BCUT2D eigenvalue weighted by Crippen LogP contribution is 2.44. The lowest BCUT2D eigenvalue weighted by Crippen LogP contribution is -2.19. The van der Waals surface area contributed by atoms with Crippen molar-refractivity contribution in [3.63, 3.8) is 0 Å². The predicted octanol–water partition coefficient (Wildman–Crippen LogP) is 10.3. The second-order valence-corrected chi connectivity index (χ2v) is 13.9. The number of carbonyl (C=O) groups is 1. The fraction of sp³-hybridized carbons (Fsp3) is 0.781. The summed E-state index contributed by atoms with van der Waals surface area (Å²) in [7, 11) is -4.53. The van der Waals surface area contributed by atoms with Gasteiger partial charge in [-0.1, -0.05) is 128 Å². The van der Waals surface area contributed by atoms with Crippen molar-refractivity contribution >= 4 is 25.1 Å². The molecule has 6 nitrogen and oxygen atoms in total. The molecule has 1 aromatic rings. The molecular formula is C32H57O6PS. The smallest absolute Gasteiger partial charge is 0.435 e. The Kier molecular flexibility index (Phi) is 23.0. The van der Waals surface area contributed by atoms with Gasteiger partial charge >= 0.3 is 13.3 Å². The van der Waals surface area contributed by atoms with E-state index in [1.165, 1.54) is 102 Å². The predicted molar refractivity (Wildman–Crippen MR) is 169 cm³/mol. The van der Waals surface area contributed by atoms with Crippen LogP contribution in [0.5, 0.6) is 0 Å². The van der Waals surface area contributed by atoms with Crippen LogP contribution in [0.4, 0.5) is 4.79 Å². The number of unbranched alkanes of at least 4 members (excludes halogenated alkanes) is 12. The van der Waals surface area contributed by atoms with Crippen molar-refractivity contribution in [2.45, 2.75) is 141 Å². The summed E-state index contributed by atoms with van der Waals surface area (Å²) in [6.07, 6.45) is 20.4. The lowest BCUT2D eigenvalue weighted by atomic mass is 10.1. The second-order valence-electron chi connectivity index (χ2n) is 10.9. The molecule has 0 radical (unpaired) electrons. The topological polar surface area (TPSA) is 82.1 Å². The molecule has 0 fully saturated rings. The van der Waals surface area contributed by atoms with E-state index in [0.29, 0.717) is 11.9 Å². The van der Waals surface area contributed by atoms with Crippen molar-refractivity contribution in [2.24, 2.45) is 0 Å². The minimum Gasteiger partial charge on any atom is -0.452 e. The van der Waals surface area contributed by atoms with E-state index in [2.05, 4.69) is 25.6 Å². The van der Waals surface area contributed by atoms with Crippen LogP contribution in [0.2, 0.25) is 0 Å². The van der Waals surface area contributed by atoms with Crippen molar-refractivity contribution in [1.29, 1.82) is 0 Å². The van der Waals surface area contributed by atoms with Crippen molar-refractivity contribution < 1.29 is 28.3 Å². The van der Waals surface area contributed by atoms with E-state index in [-0.39, 0.29) is 13.2 Å². The first-order chi connectivity index (χ1) is 19.4. The summed E-state index contributed by atoms with van der Waals surface area (Å²) in [6.45, 7) is 6.67. The van der Waals surface area contributed by atoms with Crippen LogP contribution in [0, 0.1) is 0 Å². The molecule has 0 aromatic heterocycles. The fourth-order valence-electron chi connectivity index (χ4n) is 4.46. The van der Waals surface area contributed by atoms with Gasteiger partial charge in [-0.05, 0) is 37.5 Å². The van der Waals surface area contributed by atoms with Gasteiger partial charge in [0, 0.05) is 11.9 Å². The van der Waals surface area contributed by atoms with Crippen LogP contribution in [-0.4, -0.2) is 40.9 Å². The lowest BCUT2D eigenvalue weighted by molar-refractivity contribution is 0.0274. The van der Waals surface area contributed by atoms with Gasteiger partial charge in [-0.2, -0.15) is 11.8 Å². The molecule has 1 rings (SSSR count). The maximum absolute atomic E-state index is 12.3. The van der Waals surface area contributed by atoms with E-state index in [9.17, 15) is 14.3 Å². The van der Waals surface area contributed by atoms with Gasteiger partial charge in [0.15, 0.2) is 0 Å². The molecule has 3 atom stereocenters. The summed E-state index contributed by atoms with van der Waals surface area (Å²) in [5.41, 5.74) is -0.497. The van der Waals surface area contributed by atoms with Crippen LogP contribution in [0.3, 0.4) is 0 Å². The van der Waals surface area contributed by atoms with Crippen LogP contribution in [0.15, 0.2) is 30.3 Å². The number of ether oxygens (including phenoxy) is 2. The number of thioether (sulfide) groups is 1. The Bertz CT molecular complexity index is 778. The molecule has 0 amide bonds. The van der Waals surface area contributed by atoms with Gasteiger partial charge in [-0.15, -0.1) is 0 Å². The molecule has 0 aliphatic rings. The molecular weight excluding hydrogens is 543 g/mol. The van der Waals surface area contributed by atoms with E-state index in [0.717, 1.165) is 12.0 Å². The first-order valence-corrected chi connectivity index (χ1v) is 18.4. The number of hydrogen-bond acceptors (Lipinski definition) is 6. The summed E-state index contributed by atoms with van der Waals surface area (Å²) in [4.78, 5) is 22.1. The van der Waals surface area contributed by atoms with Gasteiger partial charge in [-0.3, -0.25) is 4.52 Å². The maximum atomic E-state index is 12.3. The second kappa shape index (κ2) is 24.7. The molecule has 3 unspecified atom stereocenters. The Labute approximate surface area is 249 Å². The molecule has 0 saturated carbocycles. The van der Waals surface area contributed by atoms with Gasteiger partial charge in [-0.25, -0.2) is 9.36 Å². The quantitative estimate of drug-likeness (QED) is 0.0794. The standard InChI is InChI=1S/C32H57O6PS/c1-4-6-8-10-11-12-13-15-20-26-40-31(23-19-14-9-7-5-2)24-25-36-29(3)27-38-39(34,35)32(33)37-28-30-21-17-16-18-22-30/h16-18,21-22,29,31H,4-15,19-20,23-28H2,1-3H3,(H,34,35). The van der Waals surface area contributed by atoms with E-state index in [1.54, 1.807) is 19.1 Å². The van der Waals surface area contributed by atoms with Crippen molar-refractivity contribution in [2.75, 3.05) is 19.0 Å². The molecule has 0 bridgehead atoms. The average molecular weight is 601 g/mol. The Balaban J connectivity index is 2.29. The Hall–Kier alpha value is -0.850. The van der Waals surface area contributed by atoms with Crippen LogP contribution in [0.1, 0.15) is 129 Å². The molecule has 0 heterocycles. The van der Waals surface area contributed by atoms with Gasteiger partial charge < -0.3 is 14.4 Å². The first-order valence-electron chi connectivity index (χ1n) is 15.8. The fourth-order valence-corrected chi connectivity index (χ4v) is 6.50. The van der Waals surface area contributed by atoms with E-state index in [4.69, 9.17) is 14.0 Å². The normalized spacial score (nSPS) is 14.5. The highest BCUT2D eigenvalue weighted by molar-refractivity contribution is 7.99. The van der Waals surface area contributed by atoms with Crippen molar-refractivity contribution in [3.05, 3.63) is 35.9 Å². The van der Waals surface area contributed by atoms with Gasteiger partial charge in [0.25, 0.3) is 0 Å². The molecule has 40 heavy (non-hydrogen) atoms. The molecule has 8 heteroatoms.